The number of nitrogens with zero attached hydrogens (tertiary/aromatic N) is 1. The Labute approximate surface area is 131 Å². The Bertz CT molecular complexity index is 224. The van der Waals surface area contributed by atoms with Crippen molar-refractivity contribution in [2.75, 3.05) is 0 Å². The number of rotatable bonds is 6. The molecule has 0 aliphatic rings. The monoisotopic (exact) mass is 317 g/mol. The molecule has 99 valence electrons. The van der Waals surface area contributed by atoms with E-state index in [2.05, 4.69) is 5.48 Å². The van der Waals surface area contributed by atoms with Gasteiger partial charge >= 0.3 is 0 Å². The van der Waals surface area contributed by atoms with E-state index in [9.17, 15) is 5.11 Å². The van der Waals surface area contributed by atoms with Crippen molar-refractivity contribution < 1.29 is 42.7 Å². The number of allylic oxidation sites excluding steroid dienone is 1. The van der Waals surface area contributed by atoms with E-state index in [1.165, 1.54) is 0 Å². The predicted octanol–water partition coefficient (Wildman–Crippen LogP) is 3.58. The van der Waals surface area contributed by atoms with Crippen LogP contribution in [-0.4, -0.2) is 22.9 Å². The number of hydrogen-bond acceptors (Lipinski definition) is 2. The molecule has 0 amide bonds. The molecule has 4 heteroatoms. The van der Waals surface area contributed by atoms with Crippen molar-refractivity contribution in [2.45, 2.75) is 72.1 Å². The first-order valence-electron chi connectivity index (χ1n) is 6.01. The summed E-state index contributed by atoms with van der Waals surface area (Å²) in [6.45, 7) is 11.9. The summed E-state index contributed by atoms with van der Waals surface area (Å²) in [6, 6.07) is 0. The first kappa shape index (κ1) is 20.0. The van der Waals surface area contributed by atoms with Crippen LogP contribution in [-0.2, 0) is 37.5 Å². The molecule has 17 heavy (non-hydrogen) atoms. The Morgan fingerprint density at radius 3 is 2.29 bits per heavy atom. The van der Waals surface area contributed by atoms with Crippen LogP contribution in [0.1, 0.15) is 54.4 Å². The average molecular weight is 317 g/mol. The molecule has 1 N–H and O–H groups in total. The number of aliphatic hydroxyl groups is 1. The molecule has 1 radical (unpaired) electrons. The van der Waals surface area contributed by atoms with Crippen LogP contribution in [0.15, 0.2) is 11.6 Å². The average Bonchev–Trinajstić information content (AvgIpc) is 2.21. The molecule has 0 fully saturated rings. The molecule has 3 nitrogen and oxygen atoms in total. The summed E-state index contributed by atoms with van der Waals surface area (Å²) in [7, 11) is 0. The van der Waals surface area contributed by atoms with Gasteiger partial charge in [0.1, 0.15) is 0 Å². The van der Waals surface area contributed by atoms with Crippen LogP contribution in [0, 0.1) is 0 Å². The first-order chi connectivity index (χ1) is 7.30. The zero-order valence-corrected chi connectivity index (χ0v) is 14.9. The molecule has 0 aromatic heterocycles. The summed E-state index contributed by atoms with van der Waals surface area (Å²) in [5.41, 5.74) is 5.05. The van der Waals surface area contributed by atoms with Crippen molar-refractivity contribution in [3.63, 3.8) is 0 Å². The third kappa shape index (κ3) is 10.3. The maximum absolute atomic E-state index is 9.61. The maximum Gasteiger partial charge on any atom is 0.0575 e. The Hall–Kier alpha value is 0.724. The smallest absolute Gasteiger partial charge is 0.0575 e. The van der Waals surface area contributed by atoms with Gasteiger partial charge in [0.2, 0.25) is 0 Å². The van der Waals surface area contributed by atoms with Crippen LogP contribution in [0.4, 0.5) is 0 Å². The van der Waals surface area contributed by atoms with Crippen LogP contribution in [0.3, 0.4) is 0 Å². The van der Waals surface area contributed by atoms with Crippen LogP contribution in [0.25, 0.3) is 5.48 Å². The zero-order valence-electron chi connectivity index (χ0n) is 12.0. The molecule has 0 saturated heterocycles. The van der Waals surface area contributed by atoms with Gasteiger partial charge in [-0.25, -0.2) is 0 Å². The third-order valence-corrected chi connectivity index (χ3v) is 2.32. The fourth-order valence-corrected chi connectivity index (χ4v) is 1.24. The van der Waals surface area contributed by atoms with E-state index in [4.69, 9.17) is 4.84 Å². The number of hydrogen-bond donors (Lipinski definition) is 1. The van der Waals surface area contributed by atoms with Gasteiger partial charge in [-0.1, -0.05) is 33.8 Å². The molecule has 0 aliphatic heterocycles. The Morgan fingerprint density at radius 2 is 1.94 bits per heavy atom. The minimum atomic E-state index is -0.285. The standard InChI is InChI=1S/C13H26NO2.Y/c1-7-11(9-12(15)8-2)10(3)16-14-13(4,5)6;/h7,10,12,15H,8-9H2,1-6H3;/q-1;/b11-7+;. The van der Waals surface area contributed by atoms with Gasteiger partial charge in [0.15, 0.2) is 0 Å². The molecule has 2 unspecified atom stereocenters. The molecule has 0 aromatic rings. The quantitative estimate of drug-likeness (QED) is 0.601. The Morgan fingerprint density at radius 1 is 1.41 bits per heavy atom. The van der Waals surface area contributed by atoms with E-state index in [1.807, 2.05) is 47.6 Å². The Kier molecular flexibility index (Phi) is 11.4. The minimum Gasteiger partial charge on any atom is -0.529 e. The van der Waals surface area contributed by atoms with Gasteiger partial charge in [-0.05, 0) is 32.3 Å². The van der Waals surface area contributed by atoms with Gasteiger partial charge in [0.05, 0.1) is 12.2 Å². The molecular formula is C13H26NO2Y-. The summed E-state index contributed by atoms with van der Waals surface area (Å²) >= 11 is 0. The SMILES string of the molecule is C/C=C(\CC(O)CC)C(C)O[N-]C(C)(C)C.[Y]. The van der Waals surface area contributed by atoms with Crippen molar-refractivity contribution in [2.24, 2.45) is 0 Å². The van der Waals surface area contributed by atoms with E-state index < -0.39 is 0 Å². The minimum absolute atomic E-state index is 0. The van der Waals surface area contributed by atoms with E-state index in [-0.39, 0.29) is 50.5 Å². The van der Waals surface area contributed by atoms with Crippen LogP contribution in [0.5, 0.6) is 0 Å². The van der Waals surface area contributed by atoms with Gasteiger partial charge < -0.3 is 15.4 Å². The molecule has 0 saturated carbocycles. The normalized spacial score (nSPS) is 16.3. The van der Waals surface area contributed by atoms with Gasteiger partial charge in [-0.3, -0.25) is 0 Å². The molecule has 2 atom stereocenters. The van der Waals surface area contributed by atoms with Gasteiger partial charge in [-0.15, -0.1) is 5.54 Å². The molecule has 0 spiro atoms. The van der Waals surface area contributed by atoms with Crippen molar-refractivity contribution >= 4 is 0 Å². The molecule has 0 heterocycles. The number of aliphatic hydroxyl groups excluding tert-OH is 1. The van der Waals surface area contributed by atoms with Crippen LogP contribution < -0.4 is 0 Å². The van der Waals surface area contributed by atoms with Crippen molar-refractivity contribution in [1.82, 2.24) is 0 Å². The first-order valence-corrected chi connectivity index (χ1v) is 6.01. The summed E-state index contributed by atoms with van der Waals surface area (Å²) in [5.74, 6) is 0. The summed E-state index contributed by atoms with van der Waals surface area (Å²) in [6.07, 6.45) is 3.08. The summed E-state index contributed by atoms with van der Waals surface area (Å²) in [5, 5.41) is 9.61. The van der Waals surface area contributed by atoms with Crippen LogP contribution in [0.2, 0.25) is 0 Å². The van der Waals surface area contributed by atoms with Crippen molar-refractivity contribution in [1.29, 1.82) is 0 Å². The van der Waals surface area contributed by atoms with Gasteiger partial charge in [-0.2, -0.15) is 0 Å². The molecular weight excluding hydrogens is 291 g/mol. The molecule has 0 aromatic carbocycles. The Balaban J connectivity index is 0. The van der Waals surface area contributed by atoms with Crippen LogP contribution >= 0.6 is 0 Å². The van der Waals surface area contributed by atoms with Crippen molar-refractivity contribution in [3.05, 3.63) is 17.1 Å². The summed E-state index contributed by atoms with van der Waals surface area (Å²) in [4.78, 5) is 5.45. The molecule has 0 bridgehead atoms. The molecule has 0 aliphatic carbocycles. The van der Waals surface area contributed by atoms with E-state index >= 15 is 0 Å². The van der Waals surface area contributed by atoms with E-state index in [1.54, 1.807) is 0 Å². The third-order valence-electron chi connectivity index (χ3n) is 2.32. The maximum atomic E-state index is 9.61. The van der Waals surface area contributed by atoms with E-state index in [0.717, 1.165) is 12.0 Å². The zero-order chi connectivity index (χ0) is 12.8. The summed E-state index contributed by atoms with van der Waals surface area (Å²) < 4.78 is 0. The molecule has 0 rings (SSSR count). The second kappa shape index (κ2) is 9.63. The van der Waals surface area contributed by atoms with Crippen molar-refractivity contribution in [3.8, 4) is 0 Å². The van der Waals surface area contributed by atoms with Gasteiger partial charge in [0.25, 0.3) is 0 Å². The second-order valence-corrected chi connectivity index (χ2v) is 5.14. The predicted molar refractivity (Wildman–Crippen MR) is 68.3 cm³/mol. The topological polar surface area (TPSA) is 43.6 Å². The second-order valence-electron chi connectivity index (χ2n) is 5.14. The van der Waals surface area contributed by atoms with Gasteiger partial charge in [0, 0.05) is 32.7 Å². The number of hydroxylamine groups is 1. The fourth-order valence-electron chi connectivity index (χ4n) is 1.24. The largest absolute Gasteiger partial charge is 0.529 e. The fraction of sp³-hybridized carbons (Fsp3) is 0.846. The van der Waals surface area contributed by atoms with E-state index in [0.29, 0.717) is 6.42 Å².